The molecule has 95 heavy (non-hydrogen) atoms. The molecule has 0 spiro atoms. The minimum absolute atomic E-state index is 0.0102. The Morgan fingerprint density at radius 2 is 0.800 bits per heavy atom. The number of aryl methyl sites for hydroxylation is 2. The van der Waals surface area contributed by atoms with E-state index in [0.29, 0.717) is 119 Å². The van der Waals surface area contributed by atoms with E-state index in [-0.39, 0.29) is 35.1 Å². The SMILES string of the molecule is CB(O)NCc1ccc(Cl)cc1CCC(=O)[C@@H]1CN(C)CCN1C(=O)[C@H](O)C(C)(C)C.CB(O)NCc1ccc(Cl)cc1CN.CN1CCN(C(=O)[C@H](O)C(C)(C)C)[C@H](C(=O)CCc2cc(Cl)ccc2CN)C1.COC(=O)[C@@H]1CN(C)CCN1C(=O)[C@H](O)C(C)(C)C.ClCCl. The lowest BCUT2D eigenvalue weighted by atomic mass is 9.87. The van der Waals surface area contributed by atoms with Gasteiger partial charge in [-0.15, -0.1) is 23.2 Å². The Balaban J connectivity index is 0.000000441. The van der Waals surface area contributed by atoms with Crippen LogP contribution in [0.1, 0.15) is 109 Å². The average molecular weight is 1430 g/mol. The van der Waals surface area contributed by atoms with Crippen molar-refractivity contribution >= 4 is 107 Å². The van der Waals surface area contributed by atoms with Crippen LogP contribution in [0.15, 0.2) is 54.6 Å². The van der Waals surface area contributed by atoms with Gasteiger partial charge >= 0.3 is 20.1 Å². The fourth-order valence-electron chi connectivity index (χ4n) is 10.4. The third-order valence-corrected chi connectivity index (χ3v) is 17.1. The molecular weight excluding hydrogens is 1320 g/mol. The number of hydrogen-bond donors (Lipinski definition) is 9. The Kier molecular flexibility index (Phi) is 38.1. The predicted octanol–water partition coefficient (Wildman–Crippen LogP) is 5.57. The summed E-state index contributed by atoms with van der Waals surface area (Å²) in [6.07, 6.45) is -1.85. The zero-order valence-electron chi connectivity index (χ0n) is 58.4. The molecule has 0 saturated carbocycles. The van der Waals surface area contributed by atoms with Gasteiger partial charge in [-0.2, -0.15) is 0 Å². The summed E-state index contributed by atoms with van der Waals surface area (Å²) in [4.78, 5) is 86.7. The first-order chi connectivity index (χ1) is 44.2. The Morgan fingerprint density at radius 3 is 1.11 bits per heavy atom. The standard InChI is InChI=1S/C22H35BClN3O4.C21H32ClN3O3.C13H24N2O4.C9H14BClN2O.CH2Cl2/c1-22(2,3)20(29)21(30)27-11-10-26(5)14-18(27)19(28)9-7-15-12-17(24)8-6-16(15)13-25-23(4)31;1-21(2,3)19(27)20(28)25-10-9-24(4)13-17(25)18(26)8-6-14-11-16(22)7-5-15(14)12-23;1-13(2,3)10(16)11(17)15-7-6-14(4)8-9(15)12(18)19-5;1-10(14)13-6-7-2-3-9(11)4-8(7)5-12;2-1-3/h6,8,12,18,20,25,29,31H,7,9-11,13-14H2,1-5H3;5,7,11,17,19,27H,6,8-10,12-13,23H2,1-4H3;9-10,16H,6-8H2,1-5H3;2-4,13-14H,5-6,12H2,1H3;1H2/t18-,20-;17-,19-;9-,10-;;/m000../s1. The van der Waals surface area contributed by atoms with E-state index in [1.807, 2.05) is 120 Å². The van der Waals surface area contributed by atoms with E-state index in [9.17, 15) is 49.1 Å². The smallest absolute Gasteiger partial charge is 0.373 e. The van der Waals surface area contributed by atoms with Crippen molar-refractivity contribution in [3.63, 3.8) is 0 Å². The molecule has 29 heteroatoms. The number of Topliss-reactive ketones (excluding diaryl/α,β-unsaturated/α-hetero) is 2. The van der Waals surface area contributed by atoms with Gasteiger partial charge in [-0.25, -0.2) is 4.79 Å². The molecule has 3 aromatic rings. The topological polar surface area (TPSA) is 308 Å². The average Bonchev–Trinajstić information content (AvgIpc) is 0.833. The molecule has 0 unspecified atom stereocenters. The molecule has 3 heterocycles. The van der Waals surface area contributed by atoms with Crippen molar-refractivity contribution in [2.75, 3.05) is 92.5 Å². The number of amides is 3. The summed E-state index contributed by atoms with van der Waals surface area (Å²) in [6.45, 7) is 26.1. The molecule has 0 radical (unpaired) electrons. The third-order valence-electron chi connectivity index (χ3n) is 16.4. The first-order valence-electron chi connectivity index (χ1n) is 32.0. The van der Waals surface area contributed by atoms with E-state index in [1.54, 1.807) is 56.3 Å². The number of nitrogens with one attached hydrogen (secondary N) is 2. The lowest BCUT2D eigenvalue weighted by Gasteiger charge is -2.41. The lowest BCUT2D eigenvalue weighted by molar-refractivity contribution is -0.162. The quantitative estimate of drug-likeness (QED) is 0.0379. The number of aliphatic hydroxyl groups is 3. The summed E-state index contributed by atoms with van der Waals surface area (Å²) >= 11 is 27.6. The highest BCUT2D eigenvalue weighted by molar-refractivity contribution is 6.45. The Morgan fingerprint density at radius 1 is 0.516 bits per heavy atom. The van der Waals surface area contributed by atoms with Gasteiger partial charge in [-0.3, -0.25) is 24.0 Å². The summed E-state index contributed by atoms with van der Waals surface area (Å²) in [6, 6.07) is 14.8. The van der Waals surface area contributed by atoms with Crippen molar-refractivity contribution in [2.45, 2.75) is 164 Å². The molecule has 3 aliphatic heterocycles. The highest BCUT2D eigenvalue weighted by atomic mass is 35.5. The summed E-state index contributed by atoms with van der Waals surface area (Å²) in [5.41, 5.74) is 15.5. The van der Waals surface area contributed by atoms with Crippen LogP contribution in [0.3, 0.4) is 0 Å². The van der Waals surface area contributed by atoms with Crippen LogP contribution in [-0.4, -0.2) is 233 Å². The van der Waals surface area contributed by atoms with E-state index >= 15 is 0 Å². The Labute approximate surface area is 590 Å². The third kappa shape index (κ3) is 29.4. The van der Waals surface area contributed by atoms with Crippen molar-refractivity contribution in [3.05, 3.63) is 103 Å². The van der Waals surface area contributed by atoms with Crippen LogP contribution in [0.4, 0.5) is 0 Å². The van der Waals surface area contributed by atoms with Gasteiger partial charge < -0.3 is 81.4 Å². The maximum atomic E-state index is 13.2. The lowest BCUT2D eigenvalue weighted by Crippen LogP contribution is -2.60. The Bertz CT molecular complexity index is 2920. The van der Waals surface area contributed by atoms with Crippen LogP contribution in [0.2, 0.25) is 28.7 Å². The number of nitrogens with two attached hydrogens (primary N) is 2. The number of ether oxygens (including phenoxy) is 1. The van der Waals surface area contributed by atoms with Gasteiger partial charge in [-0.1, -0.05) is 115 Å². The van der Waals surface area contributed by atoms with Gasteiger partial charge in [0, 0.05) is 113 Å². The van der Waals surface area contributed by atoms with Crippen LogP contribution in [-0.2, 0) is 72.5 Å². The predicted molar refractivity (Wildman–Crippen MR) is 382 cm³/mol. The molecule has 3 aliphatic rings. The van der Waals surface area contributed by atoms with Crippen LogP contribution in [0.5, 0.6) is 0 Å². The molecule has 11 N–H and O–H groups in total. The molecule has 0 aliphatic carbocycles. The zero-order valence-corrected chi connectivity index (χ0v) is 62.1. The van der Waals surface area contributed by atoms with Crippen LogP contribution in [0, 0.1) is 16.2 Å². The van der Waals surface area contributed by atoms with Crippen LogP contribution >= 0.6 is 58.0 Å². The summed E-state index contributed by atoms with van der Waals surface area (Å²) in [5.74, 6) is -1.65. The fourth-order valence-corrected chi connectivity index (χ4v) is 11.0. The molecule has 3 aromatic carbocycles. The van der Waals surface area contributed by atoms with E-state index in [0.717, 1.165) is 33.4 Å². The molecule has 22 nitrogen and oxygen atoms in total. The van der Waals surface area contributed by atoms with Gasteiger partial charge in [-0.05, 0) is 134 Å². The van der Waals surface area contributed by atoms with Crippen LogP contribution < -0.4 is 21.9 Å². The Hall–Kier alpha value is -4.02. The van der Waals surface area contributed by atoms with Gasteiger partial charge in [0.25, 0.3) is 17.7 Å². The molecule has 3 fully saturated rings. The maximum absolute atomic E-state index is 13.2. The van der Waals surface area contributed by atoms with Gasteiger partial charge in [0.15, 0.2) is 11.6 Å². The highest BCUT2D eigenvalue weighted by Crippen LogP contribution is 2.28. The number of benzene rings is 3. The second-order valence-corrected chi connectivity index (χ2v) is 29.7. The van der Waals surface area contributed by atoms with E-state index in [4.69, 9.17) is 79.2 Å². The number of piperazine rings is 3. The van der Waals surface area contributed by atoms with Gasteiger partial charge in [0.05, 0.1) is 12.4 Å². The fraction of sp³-hybridized carbons (Fsp3) is 0.636. The summed E-state index contributed by atoms with van der Waals surface area (Å²) in [7, 11) is 5.90. The summed E-state index contributed by atoms with van der Waals surface area (Å²) < 4.78 is 4.74. The van der Waals surface area contributed by atoms with Crippen molar-refractivity contribution < 1.29 is 58.9 Å². The zero-order chi connectivity index (χ0) is 72.5. The molecule has 534 valence electrons. The highest BCUT2D eigenvalue weighted by Gasteiger charge is 2.43. The van der Waals surface area contributed by atoms with Gasteiger partial charge in [0.1, 0.15) is 36.4 Å². The molecule has 0 bridgehead atoms. The number of ketones is 2. The molecular formula is C66H107B2Cl5N10O12. The maximum Gasteiger partial charge on any atom is 0.373 e. The second kappa shape index (κ2) is 41.5. The molecule has 3 saturated heterocycles. The minimum atomic E-state index is -1.16. The molecule has 3 amide bonds. The number of nitrogens with zero attached hydrogens (tertiary/aromatic N) is 6. The number of esters is 1. The normalized spacial score (nSPS) is 18.2. The van der Waals surface area contributed by atoms with Gasteiger partial charge in [0.2, 0.25) is 0 Å². The first-order valence-corrected chi connectivity index (χ1v) is 34.2. The molecule has 0 aromatic heterocycles. The number of hydrogen-bond acceptors (Lipinski definition) is 19. The number of aliphatic hydroxyl groups excluding tert-OH is 3. The number of halogens is 5. The van der Waals surface area contributed by atoms with Crippen molar-refractivity contribution in [1.29, 1.82) is 0 Å². The summed E-state index contributed by atoms with van der Waals surface area (Å²) in [5, 5.41) is 57.5. The largest absolute Gasteiger partial charge is 0.467 e. The monoisotopic (exact) mass is 1430 g/mol. The molecule has 6 atom stereocenters. The van der Waals surface area contributed by atoms with E-state index in [2.05, 4.69) is 10.5 Å². The number of rotatable bonds is 20. The minimum Gasteiger partial charge on any atom is -0.467 e. The second-order valence-electron chi connectivity index (χ2n) is 27.6. The number of methoxy groups -OCH3 is 1. The number of likely N-dealkylation sites (N-methyl/N-ethyl adjacent to an activating group) is 3. The van der Waals surface area contributed by atoms with E-state index < -0.39 is 78.7 Å². The van der Waals surface area contributed by atoms with Crippen molar-refractivity contribution in [3.8, 4) is 0 Å². The first kappa shape index (κ1) is 87.1. The molecule has 6 rings (SSSR count). The van der Waals surface area contributed by atoms with Crippen LogP contribution in [0.25, 0.3) is 0 Å². The van der Waals surface area contributed by atoms with E-state index in [1.165, 1.54) is 12.0 Å². The van der Waals surface area contributed by atoms with Crippen molar-refractivity contribution in [1.82, 2.24) is 39.9 Å². The number of carbonyl (C=O) groups excluding carboxylic acids is 6. The van der Waals surface area contributed by atoms with Crippen molar-refractivity contribution in [2.24, 2.45) is 27.7 Å². The number of carbonyl (C=O) groups is 6. The number of alkyl halides is 2.